The topological polar surface area (TPSA) is 114 Å². The molecule has 0 unspecified atom stereocenters. The summed E-state index contributed by atoms with van der Waals surface area (Å²) in [6.45, 7) is 4.64. The van der Waals surface area contributed by atoms with E-state index in [9.17, 15) is 19.2 Å². The van der Waals surface area contributed by atoms with E-state index in [1.165, 1.54) is 0 Å². The summed E-state index contributed by atoms with van der Waals surface area (Å²) in [5.41, 5.74) is 0.681. The van der Waals surface area contributed by atoms with Gasteiger partial charge in [-0.15, -0.1) is 0 Å². The largest absolute Gasteiger partial charge is 0.454 e. The van der Waals surface area contributed by atoms with Crippen molar-refractivity contribution in [2.45, 2.75) is 38.8 Å². The Balaban J connectivity index is 1.99. The molecular weight excluding hydrogens is 398 g/mol. The van der Waals surface area contributed by atoms with Gasteiger partial charge in [0, 0.05) is 17.5 Å². The van der Waals surface area contributed by atoms with E-state index < -0.39 is 42.0 Å². The molecule has 8 nitrogen and oxygen atoms in total. The van der Waals surface area contributed by atoms with Gasteiger partial charge < -0.3 is 15.4 Å². The summed E-state index contributed by atoms with van der Waals surface area (Å²) in [5.74, 6) is -1.99. The van der Waals surface area contributed by atoms with Crippen LogP contribution in [0, 0.1) is 0 Å². The van der Waals surface area contributed by atoms with Crippen LogP contribution < -0.4 is 16.0 Å². The van der Waals surface area contributed by atoms with Crippen molar-refractivity contribution in [3.8, 4) is 0 Å². The highest BCUT2D eigenvalue weighted by atomic mass is 16.5. The molecule has 8 heteroatoms. The number of ether oxygens (including phenoxy) is 1. The second-order valence-corrected chi connectivity index (χ2v) is 7.94. The number of rotatable bonds is 7. The van der Waals surface area contributed by atoms with Crippen LogP contribution in [0.2, 0.25) is 0 Å². The van der Waals surface area contributed by atoms with Gasteiger partial charge in [-0.1, -0.05) is 48.5 Å². The summed E-state index contributed by atoms with van der Waals surface area (Å²) in [7, 11) is 0. The zero-order chi connectivity index (χ0) is 22.9. The maximum absolute atomic E-state index is 12.6. The van der Waals surface area contributed by atoms with Crippen molar-refractivity contribution in [1.29, 1.82) is 0 Å². The van der Waals surface area contributed by atoms with Crippen molar-refractivity contribution < 1.29 is 23.9 Å². The van der Waals surface area contributed by atoms with Crippen LogP contribution >= 0.6 is 0 Å². The molecule has 0 aromatic heterocycles. The van der Waals surface area contributed by atoms with Crippen molar-refractivity contribution in [2.75, 3.05) is 6.61 Å². The monoisotopic (exact) mass is 425 g/mol. The average Bonchev–Trinajstić information content (AvgIpc) is 2.71. The van der Waals surface area contributed by atoms with Crippen molar-refractivity contribution in [3.63, 3.8) is 0 Å². The smallest absolute Gasteiger partial charge is 0.329 e. The fourth-order valence-corrected chi connectivity index (χ4v) is 2.65. The Kier molecular flexibility index (Phi) is 8.31. The van der Waals surface area contributed by atoms with E-state index in [2.05, 4.69) is 16.0 Å². The van der Waals surface area contributed by atoms with E-state index in [1.54, 1.807) is 51.1 Å². The predicted molar refractivity (Wildman–Crippen MR) is 115 cm³/mol. The van der Waals surface area contributed by atoms with Crippen LogP contribution in [0.3, 0.4) is 0 Å². The number of hydrogen-bond acceptors (Lipinski definition) is 5. The first-order valence-corrected chi connectivity index (χ1v) is 9.82. The van der Waals surface area contributed by atoms with Crippen LogP contribution in [0.5, 0.6) is 0 Å². The summed E-state index contributed by atoms with van der Waals surface area (Å²) in [4.78, 5) is 48.8. The quantitative estimate of drug-likeness (QED) is 0.589. The lowest BCUT2D eigenvalue weighted by molar-refractivity contribution is -0.150. The van der Waals surface area contributed by atoms with Crippen molar-refractivity contribution >= 4 is 23.8 Å². The summed E-state index contributed by atoms with van der Waals surface area (Å²) < 4.78 is 5.06. The third-order valence-corrected chi connectivity index (χ3v) is 4.00. The normalized spacial score (nSPS) is 11.7. The number of urea groups is 1. The molecule has 4 amide bonds. The number of hydrogen-bond donors (Lipinski definition) is 3. The zero-order valence-electron chi connectivity index (χ0n) is 17.8. The Hall–Kier alpha value is -3.68. The molecule has 0 spiro atoms. The van der Waals surface area contributed by atoms with Crippen LogP contribution in [0.4, 0.5) is 4.79 Å². The predicted octanol–water partition coefficient (Wildman–Crippen LogP) is 2.20. The van der Waals surface area contributed by atoms with E-state index in [1.807, 2.05) is 30.3 Å². The van der Waals surface area contributed by atoms with Gasteiger partial charge in [0.25, 0.3) is 11.8 Å². The highest BCUT2D eigenvalue weighted by Gasteiger charge is 2.25. The minimum absolute atomic E-state index is 0.185. The lowest BCUT2D eigenvalue weighted by Gasteiger charge is -2.20. The van der Waals surface area contributed by atoms with Crippen LogP contribution in [-0.2, 0) is 20.7 Å². The van der Waals surface area contributed by atoms with E-state index in [4.69, 9.17) is 4.74 Å². The van der Waals surface area contributed by atoms with Gasteiger partial charge in [0.1, 0.15) is 6.04 Å². The third-order valence-electron chi connectivity index (χ3n) is 4.00. The lowest BCUT2D eigenvalue weighted by Crippen LogP contribution is -2.49. The zero-order valence-corrected chi connectivity index (χ0v) is 17.8. The van der Waals surface area contributed by atoms with Gasteiger partial charge in [-0.3, -0.25) is 14.9 Å². The average molecular weight is 425 g/mol. The number of imide groups is 1. The van der Waals surface area contributed by atoms with Gasteiger partial charge in [0.2, 0.25) is 0 Å². The molecule has 0 aliphatic heterocycles. The molecule has 0 heterocycles. The molecule has 0 fully saturated rings. The molecule has 164 valence electrons. The second kappa shape index (κ2) is 10.9. The number of nitrogens with one attached hydrogen (secondary N) is 3. The van der Waals surface area contributed by atoms with Gasteiger partial charge in [-0.05, 0) is 38.5 Å². The summed E-state index contributed by atoms with van der Waals surface area (Å²) in [6, 6.07) is 15.9. The number of carbonyl (C=O) groups is 4. The Bertz CT molecular complexity index is 908. The van der Waals surface area contributed by atoms with Crippen LogP contribution in [0.15, 0.2) is 60.7 Å². The first-order chi connectivity index (χ1) is 14.6. The third kappa shape index (κ3) is 8.69. The number of carbonyl (C=O) groups excluding carboxylic acids is 4. The van der Waals surface area contributed by atoms with Gasteiger partial charge in [-0.25, -0.2) is 9.59 Å². The van der Waals surface area contributed by atoms with Crippen molar-refractivity contribution in [3.05, 3.63) is 71.8 Å². The number of amides is 4. The van der Waals surface area contributed by atoms with Gasteiger partial charge in [0.15, 0.2) is 6.61 Å². The first kappa shape index (κ1) is 23.6. The maximum Gasteiger partial charge on any atom is 0.329 e. The standard InChI is InChI=1S/C23H27N3O5/c1-23(2,3)26-22(30)25-19(27)15-31-21(29)18(14-16-10-6-4-7-11-16)24-20(28)17-12-8-5-9-13-17/h4-13,18H,14-15H2,1-3H3,(H,24,28)(H2,25,26,27,30)/t18-/m1/s1. The fourth-order valence-electron chi connectivity index (χ4n) is 2.65. The van der Waals surface area contributed by atoms with Gasteiger partial charge in [-0.2, -0.15) is 0 Å². The summed E-state index contributed by atoms with van der Waals surface area (Å²) in [5, 5.41) is 7.32. The Morgan fingerprint density at radius 2 is 1.48 bits per heavy atom. The first-order valence-electron chi connectivity index (χ1n) is 9.82. The van der Waals surface area contributed by atoms with Crippen LogP contribution in [0.25, 0.3) is 0 Å². The second-order valence-electron chi connectivity index (χ2n) is 7.94. The molecule has 0 aliphatic rings. The molecule has 2 rings (SSSR count). The van der Waals surface area contributed by atoms with Crippen LogP contribution in [0.1, 0.15) is 36.7 Å². The lowest BCUT2D eigenvalue weighted by atomic mass is 10.1. The Morgan fingerprint density at radius 1 is 0.903 bits per heavy atom. The molecule has 31 heavy (non-hydrogen) atoms. The molecular formula is C23H27N3O5. The van der Waals surface area contributed by atoms with Gasteiger partial charge in [0.05, 0.1) is 0 Å². The summed E-state index contributed by atoms with van der Waals surface area (Å²) in [6.07, 6.45) is 0.185. The molecule has 0 saturated carbocycles. The van der Waals surface area contributed by atoms with Gasteiger partial charge >= 0.3 is 12.0 Å². The summed E-state index contributed by atoms with van der Waals surface area (Å²) >= 11 is 0. The molecule has 2 aromatic rings. The highest BCUT2D eigenvalue weighted by Crippen LogP contribution is 2.07. The molecule has 2 aromatic carbocycles. The molecule has 0 bridgehead atoms. The van der Waals surface area contributed by atoms with Crippen molar-refractivity contribution in [1.82, 2.24) is 16.0 Å². The maximum atomic E-state index is 12.6. The highest BCUT2D eigenvalue weighted by molar-refractivity contribution is 5.98. The Labute approximate surface area is 181 Å². The molecule has 0 aliphatic carbocycles. The number of esters is 1. The molecule has 1 atom stereocenters. The van der Waals surface area contributed by atoms with Crippen LogP contribution in [-0.4, -0.2) is 42.0 Å². The fraction of sp³-hybridized carbons (Fsp3) is 0.304. The van der Waals surface area contributed by atoms with Crippen molar-refractivity contribution in [2.24, 2.45) is 0 Å². The molecule has 3 N–H and O–H groups in total. The minimum atomic E-state index is -1.01. The minimum Gasteiger partial charge on any atom is -0.454 e. The van der Waals surface area contributed by atoms with E-state index >= 15 is 0 Å². The van der Waals surface area contributed by atoms with E-state index in [0.717, 1.165) is 5.56 Å². The molecule has 0 saturated heterocycles. The number of benzene rings is 2. The molecule has 0 radical (unpaired) electrons. The Morgan fingerprint density at radius 3 is 2.06 bits per heavy atom. The van der Waals surface area contributed by atoms with E-state index in [-0.39, 0.29) is 6.42 Å². The van der Waals surface area contributed by atoms with E-state index in [0.29, 0.717) is 5.56 Å². The SMILES string of the molecule is CC(C)(C)NC(=O)NC(=O)COC(=O)[C@@H](Cc1ccccc1)NC(=O)c1ccccc1.